The summed E-state index contributed by atoms with van der Waals surface area (Å²) in [6, 6.07) is 0.465. The molecule has 1 N–H and O–H groups in total. The van der Waals surface area contributed by atoms with Crippen molar-refractivity contribution in [2.45, 2.75) is 57.9 Å². The molecule has 0 aromatic carbocycles. The molecule has 1 heterocycles. The fourth-order valence-corrected chi connectivity index (χ4v) is 2.87. The zero-order chi connectivity index (χ0) is 12.1. The van der Waals surface area contributed by atoms with E-state index in [-0.39, 0.29) is 5.97 Å². The van der Waals surface area contributed by atoms with Gasteiger partial charge < -0.3 is 10.1 Å². The monoisotopic (exact) mass is 237 g/mol. The van der Waals surface area contributed by atoms with Crippen LogP contribution in [0.4, 0.5) is 0 Å². The summed E-state index contributed by atoms with van der Waals surface area (Å²) in [5.41, 5.74) is 0.697. The Morgan fingerprint density at radius 2 is 2.00 bits per heavy atom. The summed E-state index contributed by atoms with van der Waals surface area (Å²) < 4.78 is 5.05. The minimum atomic E-state index is -0.183. The van der Waals surface area contributed by atoms with Gasteiger partial charge in [0, 0.05) is 6.04 Å². The van der Waals surface area contributed by atoms with Crippen LogP contribution in [0, 0.1) is 5.92 Å². The van der Waals surface area contributed by atoms with Crippen LogP contribution in [0.3, 0.4) is 0 Å². The van der Waals surface area contributed by atoms with E-state index in [0.717, 1.165) is 0 Å². The van der Waals surface area contributed by atoms with Crippen molar-refractivity contribution in [3.8, 4) is 0 Å². The van der Waals surface area contributed by atoms with Gasteiger partial charge in [0.25, 0.3) is 0 Å². The van der Waals surface area contributed by atoms with Gasteiger partial charge in [0.2, 0.25) is 0 Å². The van der Waals surface area contributed by atoms with Crippen molar-refractivity contribution in [3.63, 3.8) is 0 Å². The number of rotatable bonds is 2. The molecular formula is C14H23NO2. The first-order chi connectivity index (χ1) is 8.31. The van der Waals surface area contributed by atoms with E-state index < -0.39 is 0 Å². The molecule has 3 heteroatoms. The maximum atomic E-state index is 11.7. The van der Waals surface area contributed by atoms with Gasteiger partial charge in [-0.2, -0.15) is 0 Å². The van der Waals surface area contributed by atoms with E-state index in [9.17, 15) is 4.79 Å². The maximum Gasteiger partial charge on any atom is 0.354 e. The van der Waals surface area contributed by atoms with Gasteiger partial charge in [-0.15, -0.1) is 0 Å². The first-order valence-corrected chi connectivity index (χ1v) is 6.96. The number of hydrogen-bond donors (Lipinski definition) is 1. The standard InChI is InChI=1S/C14H23NO2/c1-2-17-14(16)13-10-11-8-6-4-3-5-7-9-12(11)15-13/h10-12,15H,2-9H2,1H3. The maximum absolute atomic E-state index is 11.7. The van der Waals surface area contributed by atoms with Crippen LogP contribution in [0.1, 0.15) is 51.9 Å². The summed E-state index contributed by atoms with van der Waals surface area (Å²) in [6.45, 7) is 2.30. The molecule has 17 heavy (non-hydrogen) atoms. The second kappa shape index (κ2) is 6.08. The molecule has 1 saturated carbocycles. The molecule has 2 rings (SSSR count). The average Bonchev–Trinajstić information content (AvgIpc) is 2.73. The lowest BCUT2D eigenvalue weighted by Gasteiger charge is -2.18. The van der Waals surface area contributed by atoms with E-state index in [4.69, 9.17) is 4.74 Å². The SMILES string of the molecule is CCOC(=O)C1=CC2CCCCCCCC2N1. The summed E-state index contributed by atoms with van der Waals surface area (Å²) in [6.07, 6.45) is 11.1. The molecule has 0 spiro atoms. The smallest absolute Gasteiger partial charge is 0.354 e. The lowest BCUT2D eigenvalue weighted by Crippen LogP contribution is -2.30. The molecule has 2 unspecified atom stereocenters. The molecule has 0 radical (unpaired) electrons. The average molecular weight is 237 g/mol. The van der Waals surface area contributed by atoms with Gasteiger partial charge in [0.1, 0.15) is 5.70 Å². The van der Waals surface area contributed by atoms with Crippen molar-refractivity contribution in [2.75, 3.05) is 6.61 Å². The molecule has 3 nitrogen and oxygen atoms in total. The lowest BCUT2D eigenvalue weighted by molar-refractivity contribution is -0.138. The van der Waals surface area contributed by atoms with Gasteiger partial charge >= 0.3 is 5.97 Å². The minimum Gasteiger partial charge on any atom is -0.461 e. The number of nitrogens with one attached hydrogen (secondary N) is 1. The predicted octanol–water partition coefficient (Wildman–Crippen LogP) is 2.77. The van der Waals surface area contributed by atoms with Crippen LogP contribution in [0.15, 0.2) is 11.8 Å². The van der Waals surface area contributed by atoms with Gasteiger partial charge in [-0.1, -0.05) is 32.1 Å². The van der Waals surface area contributed by atoms with Gasteiger partial charge in [0.05, 0.1) is 6.61 Å². The summed E-state index contributed by atoms with van der Waals surface area (Å²) in [5, 5.41) is 3.36. The molecule has 2 atom stereocenters. The number of esters is 1. The van der Waals surface area contributed by atoms with Crippen LogP contribution in [-0.2, 0) is 9.53 Å². The number of fused-ring (bicyclic) bond motifs is 1. The van der Waals surface area contributed by atoms with Crippen LogP contribution in [0.25, 0.3) is 0 Å². The Morgan fingerprint density at radius 3 is 2.76 bits per heavy atom. The molecular weight excluding hydrogens is 214 g/mol. The van der Waals surface area contributed by atoms with Gasteiger partial charge in [0.15, 0.2) is 0 Å². The first kappa shape index (κ1) is 12.5. The Balaban J connectivity index is 1.97. The molecule has 0 aromatic heterocycles. The first-order valence-electron chi connectivity index (χ1n) is 6.96. The molecule has 1 aliphatic heterocycles. The van der Waals surface area contributed by atoms with Crippen molar-refractivity contribution in [1.82, 2.24) is 5.32 Å². The second-order valence-corrected chi connectivity index (χ2v) is 5.06. The Kier molecular flexibility index (Phi) is 4.46. The summed E-state index contributed by atoms with van der Waals surface area (Å²) in [7, 11) is 0. The van der Waals surface area contributed by atoms with Gasteiger partial charge in [-0.3, -0.25) is 0 Å². The molecule has 0 saturated heterocycles. The molecule has 0 bridgehead atoms. The second-order valence-electron chi connectivity index (χ2n) is 5.06. The molecule has 1 fully saturated rings. The zero-order valence-electron chi connectivity index (χ0n) is 10.7. The largest absolute Gasteiger partial charge is 0.461 e. The molecule has 96 valence electrons. The highest BCUT2D eigenvalue weighted by Gasteiger charge is 2.30. The highest BCUT2D eigenvalue weighted by molar-refractivity contribution is 5.88. The van der Waals surface area contributed by atoms with Crippen molar-refractivity contribution >= 4 is 5.97 Å². The van der Waals surface area contributed by atoms with E-state index in [0.29, 0.717) is 24.3 Å². The van der Waals surface area contributed by atoms with Crippen molar-refractivity contribution in [2.24, 2.45) is 5.92 Å². The van der Waals surface area contributed by atoms with E-state index in [1.165, 1.54) is 44.9 Å². The minimum absolute atomic E-state index is 0.183. The Morgan fingerprint density at radius 1 is 1.29 bits per heavy atom. The van der Waals surface area contributed by atoms with Crippen molar-refractivity contribution in [3.05, 3.63) is 11.8 Å². The van der Waals surface area contributed by atoms with Crippen LogP contribution >= 0.6 is 0 Å². The van der Waals surface area contributed by atoms with E-state index in [1.807, 2.05) is 6.92 Å². The highest BCUT2D eigenvalue weighted by atomic mass is 16.5. The van der Waals surface area contributed by atoms with Crippen LogP contribution in [0.5, 0.6) is 0 Å². The normalized spacial score (nSPS) is 29.1. The Hall–Kier alpha value is -0.990. The third-order valence-corrected chi connectivity index (χ3v) is 3.79. The summed E-state index contributed by atoms with van der Waals surface area (Å²) in [4.78, 5) is 11.7. The van der Waals surface area contributed by atoms with Gasteiger partial charge in [-0.05, 0) is 31.8 Å². The predicted molar refractivity (Wildman–Crippen MR) is 67.4 cm³/mol. The highest BCUT2D eigenvalue weighted by Crippen LogP contribution is 2.28. The van der Waals surface area contributed by atoms with Crippen LogP contribution < -0.4 is 5.32 Å². The molecule has 2 aliphatic rings. The number of carbonyl (C=O) groups is 1. The topological polar surface area (TPSA) is 38.3 Å². The van der Waals surface area contributed by atoms with Gasteiger partial charge in [-0.25, -0.2) is 4.79 Å². The number of ether oxygens (including phenoxy) is 1. The number of carbonyl (C=O) groups excluding carboxylic acids is 1. The quantitative estimate of drug-likeness (QED) is 0.750. The van der Waals surface area contributed by atoms with Crippen molar-refractivity contribution < 1.29 is 9.53 Å². The van der Waals surface area contributed by atoms with Crippen LogP contribution in [-0.4, -0.2) is 18.6 Å². The van der Waals surface area contributed by atoms with E-state index >= 15 is 0 Å². The third-order valence-electron chi connectivity index (χ3n) is 3.79. The zero-order valence-corrected chi connectivity index (χ0v) is 10.7. The third kappa shape index (κ3) is 3.24. The summed E-state index contributed by atoms with van der Waals surface area (Å²) >= 11 is 0. The Bertz CT molecular complexity index is 299. The van der Waals surface area contributed by atoms with E-state index in [2.05, 4.69) is 11.4 Å². The van der Waals surface area contributed by atoms with Crippen molar-refractivity contribution in [1.29, 1.82) is 0 Å². The fourth-order valence-electron chi connectivity index (χ4n) is 2.87. The number of hydrogen-bond acceptors (Lipinski definition) is 3. The molecule has 0 amide bonds. The summed E-state index contributed by atoms with van der Waals surface area (Å²) in [5.74, 6) is 0.351. The van der Waals surface area contributed by atoms with Crippen LogP contribution in [0.2, 0.25) is 0 Å². The Labute approximate surface area is 104 Å². The lowest BCUT2D eigenvalue weighted by atomic mass is 9.94. The molecule has 0 aromatic rings. The van der Waals surface area contributed by atoms with E-state index in [1.54, 1.807) is 0 Å². The molecule has 1 aliphatic carbocycles. The fraction of sp³-hybridized carbons (Fsp3) is 0.786.